The fourth-order valence-electron chi connectivity index (χ4n) is 2.73. The summed E-state index contributed by atoms with van der Waals surface area (Å²) >= 11 is 8.73. The Morgan fingerprint density at radius 2 is 1.93 bits per heavy atom. The van der Waals surface area contributed by atoms with Gasteiger partial charge in [0.1, 0.15) is 11.5 Å². The van der Waals surface area contributed by atoms with Gasteiger partial charge in [0.25, 0.3) is 5.91 Å². The van der Waals surface area contributed by atoms with E-state index in [1.54, 1.807) is 24.3 Å². The van der Waals surface area contributed by atoms with Gasteiger partial charge in [-0.25, -0.2) is 0 Å². The number of hydrogen-bond donors (Lipinski definition) is 3. The van der Waals surface area contributed by atoms with Crippen molar-refractivity contribution in [2.24, 2.45) is 0 Å². The maximum absolute atomic E-state index is 12.8. The van der Waals surface area contributed by atoms with E-state index in [9.17, 15) is 9.90 Å². The molecule has 0 bridgehead atoms. The molecule has 7 heteroatoms. The summed E-state index contributed by atoms with van der Waals surface area (Å²) in [6.45, 7) is 1.89. The molecule has 0 unspecified atom stereocenters. The number of ether oxygens (including phenoxy) is 1. The van der Waals surface area contributed by atoms with E-state index in [0.717, 1.165) is 16.3 Å². The van der Waals surface area contributed by atoms with Gasteiger partial charge >= 0.3 is 0 Å². The van der Waals surface area contributed by atoms with Crippen LogP contribution in [0.25, 0.3) is 10.8 Å². The smallest absolute Gasteiger partial charge is 0.261 e. The second-order valence-electron chi connectivity index (χ2n) is 5.92. The van der Waals surface area contributed by atoms with Gasteiger partial charge in [0.15, 0.2) is 5.11 Å². The summed E-state index contributed by atoms with van der Waals surface area (Å²) in [5, 5.41) is 17.3. The second kappa shape index (κ2) is 7.94. The van der Waals surface area contributed by atoms with Gasteiger partial charge in [-0.1, -0.05) is 30.3 Å². The molecule has 0 fully saturated rings. The number of aryl methyl sites for hydroxylation is 1. The summed E-state index contributed by atoms with van der Waals surface area (Å²) in [5.41, 5.74) is 1.72. The van der Waals surface area contributed by atoms with Crippen LogP contribution in [0.15, 0.2) is 53.0 Å². The zero-order valence-corrected chi connectivity index (χ0v) is 17.1. The number of fused-ring (bicyclic) bond motifs is 1. The molecule has 27 heavy (non-hydrogen) atoms. The van der Waals surface area contributed by atoms with Crippen molar-refractivity contribution in [3.8, 4) is 11.5 Å². The van der Waals surface area contributed by atoms with Gasteiger partial charge in [-0.05, 0) is 69.6 Å². The lowest BCUT2D eigenvalue weighted by atomic mass is 10.1. The van der Waals surface area contributed by atoms with Gasteiger partial charge in [0.05, 0.1) is 22.8 Å². The summed E-state index contributed by atoms with van der Waals surface area (Å²) in [7, 11) is 1.51. The van der Waals surface area contributed by atoms with E-state index in [1.807, 2.05) is 31.2 Å². The number of benzene rings is 3. The van der Waals surface area contributed by atoms with Crippen molar-refractivity contribution in [2.45, 2.75) is 6.92 Å². The standard InChI is InChI=1S/C20H17BrN2O3S/c1-11-7-8-16(24)15(9-11)22-20(27)23-19(25)14-10-12-5-3-4-6-13(12)17(21)18(14)26-2/h3-10,24H,1-2H3,(H2,22,23,25,27). The number of phenolic OH excluding ortho intramolecular Hbond substituents is 1. The number of hydrogen-bond acceptors (Lipinski definition) is 4. The summed E-state index contributed by atoms with van der Waals surface area (Å²) in [6.07, 6.45) is 0. The predicted molar refractivity (Wildman–Crippen MR) is 115 cm³/mol. The number of rotatable bonds is 3. The summed E-state index contributed by atoms with van der Waals surface area (Å²) in [5.74, 6) is 0.0542. The van der Waals surface area contributed by atoms with Crippen molar-refractivity contribution in [1.82, 2.24) is 5.32 Å². The Morgan fingerprint density at radius 3 is 2.67 bits per heavy atom. The Kier molecular flexibility index (Phi) is 5.62. The van der Waals surface area contributed by atoms with Crippen molar-refractivity contribution < 1.29 is 14.6 Å². The average molecular weight is 445 g/mol. The van der Waals surface area contributed by atoms with Crippen LogP contribution in [0, 0.1) is 6.92 Å². The molecule has 0 radical (unpaired) electrons. The number of nitrogens with one attached hydrogen (secondary N) is 2. The molecule has 0 aliphatic carbocycles. The van der Waals surface area contributed by atoms with Crippen molar-refractivity contribution in [3.63, 3.8) is 0 Å². The monoisotopic (exact) mass is 444 g/mol. The minimum absolute atomic E-state index is 0.0447. The first kappa shape index (κ1) is 19.1. The normalized spacial score (nSPS) is 10.5. The third-order valence-corrected chi connectivity index (χ3v) is 5.01. The van der Waals surface area contributed by atoms with Crippen molar-refractivity contribution >= 4 is 55.6 Å². The third-order valence-electron chi connectivity index (χ3n) is 4.02. The molecule has 3 rings (SSSR count). The first-order chi connectivity index (χ1) is 12.9. The summed E-state index contributed by atoms with van der Waals surface area (Å²) in [6, 6.07) is 14.5. The van der Waals surface area contributed by atoms with E-state index in [1.165, 1.54) is 7.11 Å². The molecular weight excluding hydrogens is 428 g/mol. The minimum atomic E-state index is -0.414. The first-order valence-electron chi connectivity index (χ1n) is 8.08. The number of aromatic hydroxyl groups is 1. The quantitative estimate of drug-likeness (QED) is 0.401. The van der Waals surface area contributed by atoms with Crippen LogP contribution in [0.2, 0.25) is 0 Å². The number of carbonyl (C=O) groups is 1. The lowest BCUT2D eigenvalue weighted by Gasteiger charge is -2.15. The second-order valence-corrected chi connectivity index (χ2v) is 7.12. The molecule has 3 N–H and O–H groups in total. The maximum atomic E-state index is 12.8. The fraction of sp³-hybridized carbons (Fsp3) is 0.100. The SMILES string of the molecule is COc1c(C(=O)NC(=S)Nc2cc(C)ccc2O)cc2ccccc2c1Br. The number of halogens is 1. The van der Waals surface area contributed by atoms with E-state index in [-0.39, 0.29) is 10.9 Å². The van der Waals surface area contributed by atoms with Crippen LogP contribution in [0.4, 0.5) is 5.69 Å². The highest BCUT2D eigenvalue weighted by Gasteiger charge is 2.19. The molecule has 3 aromatic carbocycles. The molecule has 0 aliphatic rings. The molecule has 0 saturated carbocycles. The Morgan fingerprint density at radius 1 is 1.19 bits per heavy atom. The molecule has 0 atom stereocenters. The topological polar surface area (TPSA) is 70.6 Å². The van der Waals surface area contributed by atoms with Gasteiger partial charge in [0.2, 0.25) is 0 Å². The van der Waals surface area contributed by atoms with Crippen LogP contribution < -0.4 is 15.4 Å². The highest BCUT2D eigenvalue weighted by molar-refractivity contribution is 9.10. The Hall–Kier alpha value is -2.64. The number of carbonyl (C=O) groups excluding carboxylic acids is 1. The van der Waals surface area contributed by atoms with Crippen LogP contribution in [0.3, 0.4) is 0 Å². The number of phenols is 1. The van der Waals surface area contributed by atoms with E-state index in [2.05, 4.69) is 26.6 Å². The molecule has 0 aliphatic heterocycles. The molecule has 5 nitrogen and oxygen atoms in total. The van der Waals surface area contributed by atoms with Crippen LogP contribution in [-0.2, 0) is 0 Å². The predicted octanol–water partition coefficient (Wildman–Crippen LogP) is 4.75. The lowest BCUT2D eigenvalue weighted by Crippen LogP contribution is -2.34. The largest absolute Gasteiger partial charge is 0.506 e. The zero-order chi connectivity index (χ0) is 19.6. The molecule has 138 valence electrons. The molecular formula is C20H17BrN2O3S. The van der Waals surface area contributed by atoms with E-state index in [4.69, 9.17) is 17.0 Å². The number of amides is 1. The molecule has 3 aromatic rings. The number of anilines is 1. The van der Waals surface area contributed by atoms with Crippen molar-refractivity contribution in [3.05, 3.63) is 64.1 Å². The fourth-order valence-corrected chi connectivity index (χ4v) is 3.67. The molecule has 1 amide bonds. The van der Waals surface area contributed by atoms with Crippen LogP contribution >= 0.6 is 28.1 Å². The third kappa shape index (κ3) is 4.04. The highest BCUT2D eigenvalue weighted by Crippen LogP contribution is 2.36. The maximum Gasteiger partial charge on any atom is 0.261 e. The zero-order valence-electron chi connectivity index (χ0n) is 14.7. The minimum Gasteiger partial charge on any atom is -0.506 e. The van der Waals surface area contributed by atoms with E-state index >= 15 is 0 Å². The van der Waals surface area contributed by atoms with Crippen molar-refractivity contribution in [2.75, 3.05) is 12.4 Å². The van der Waals surface area contributed by atoms with Gasteiger partial charge in [-0.15, -0.1) is 0 Å². The van der Waals surface area contributed by atoms with E-state index < -0.39 is 5.91 Å². The van der Waals surface area contributed by atoms with Gasteiger partial charge < -0.3 is 15.2 Å². The Balaban J connectivity index is 1.87. The highest BCUT2D eigenvalue weighted by atomic mass is 79.9. The van der Waals surface area contributed by atoms with Gasteiger partial charge in [-0.2, -0.15) is 0 Å². The number of thiocarbonyl (C=S) groups is 1. The Bertz CT molecular complexity index is 1050. The van der Waals surface area contributed by atoms with Crippen LogP contribution in [0.5, 0.6) is 11.5 Å². The van der Waals surface area contributed by atoms with Crippen molar-refractivity contribution in [1.29, 1.82) is 0 Å². The average Bonchev–Trinajstić information content (AvgIpc) is 2.64. The molecule has 0 spiro atoms. The van der Waals surface area contributed by atoms with Gasteiger partial charge in [-0.3, -0.25) is 10.1 Å². The molecule has 0 heterocycles. The molecule has 0 aromatic heterocycles. The van der Waals surface area contributed by atoms with Crippen LogP contribution in [0.1, 0.15) is 15.9 Å². The summed E-state index contributed by atoms with van der Waals surface area (Å²) in [4.78, 5) is 12.8. The lowest BCUT2D eigenvalue weighted by molar-refractivity contribution is 0.0975. The summed E-state index contributed by atoms with van der Waals surface area (Å²) < 4.78 is 6.13. The number of methoxy groups -OCH3 is 1. The van der Waals surface area contributed by atoms with E-state index in [0.29, 0.717) is 21.5 Å². The van der Waals surface area contributed by atoms with Crippen LogP contribution in [-0.4, -0.2) is 23.2 Å². The van der Waals surface area contributed by atoms with Gasteiger partial charge in [0, 0.05) is 0 Å². The molecule has 0 saturated heterocycles. The Labute approximate surface area is 170 Å². The first-order valence-corrected chi connectivity index (χ1v) is 9.28.